The molecule has 0 amide bonds. The van der Waals surface area contributed by atoms with Gasteiger partial charge in [-0.15, -0.1) is 0 Å². The second kappa shape index (κ2) is 6.67. The predicted octanol–water partition coefficient (Wildman–Crippen LogP) is 6.30. The van der Waals surface area contributed by atoms with Crippen LogP contribution >= 0.6 is 0 Å². The molecular weight excluding hydrogens is 320 g/mol. The van der Waals surface area contributed by atoms with E-state index in [4.69, 9.17) is 4.74 Å². The third-order valence-corrected chi connectivity index (χ3v) is 9.25. The van der Waals surface area contributed by atoms with Crippen LogP contribution in [0.5, 0.6) is 0 Å². The highest BCUT2D eigenvalue weighted by Crippen LogP contribution is 2.67. The zero-order valence-electron chi connectivity index (χ0n) is 17.4. The van der Waals surface area contributed by atoms with E-state index in [0.717, 1.165) is 36.5 Å². The molecule has 4 rings (SSSR count). The van der Waals surface area contributed by atoms with Gasteiger partial charge in [0.2, 0.25) is 0 Å². The fourth-order valence-corrected chi connectivity index (χ4v) is 7.99. The molecule has 0 aromatic carbocycles. The van der Waals surface area contributed by atoms with Crippen LogP contribution in [-0.4, -0.2) is 12.1 Å². The van der Waals surface area contributed by atoms with Crippen LogP contribution in [-0.2, 0) is 9.53 Å². The van der Waals surface area contributed by atoms with E-state index in [-0.39, 0.29) is 12.1 Å². The van der Waals surface area contributed by atoms with Crippen LogP contribution in [0.2, 0.25) is 0 Å². The maximum Gasteiger partial charge on any atom is 0.302 e. The fourth-order valence-electron chi connectivity index (χ4n) is 7.99. The molecule has 4 aliphatic rings. The van der Waals surface area contributed by atoms with Crippen molar-refractivity contribution in [2.24, 2.45) is 34.5 Å². The first-order chi connectivity index (χ1) is 12.4. The lowest BCUT2D eigenvalue weighted by molar-refractivity contribution is -0.158. The summed E-state index contributed by atoms with van der Waals surface area (Å²) in [7, 11) is 0. The van der Waals surface area contributed by atoms with E-state index in [0.29, 0.717) is 10.8 Å². The van der Waals surface area contributed by atoms with Crippen molar-refractivity contribution in [3.8, 4) is 0 Å². The van der Waals surface area contributed by atoms with E-state index in [2.05, 4.69) is 26.8 Å². The molecule has 4 fully saturated rings. The Labute approximate surface area is 160 Å². The number of allylic oxidation sites excluding steroid dienone is 2. The van der Waals surface area contributed by atoms with Crippen molar-refractivity contribution in [3.63, 3.8) is 0 Å². The minimum atomic E-state index is -0.0954. The van der Waals surface area contributed by atoms with Gasteiger partial charge in [-0.05, 0) is 98.7 Å². The van der Waals surface area contributed by atoms with Crippen LogP contribution in [0.3, 0.4) is 0 Å². The average Bonchev–Trinajstić information content (AvgIpc) is 2.92. The molecule has 0 heterocycles. The van der Waals surface area contributed by atoms with Crippen LogP contribution in [0.1, 0.15) is 91.9 Å². The molecule has 0 saturated heterocycles. The number of carbonyl (C=O) groups is 1. The zero-order chi connectivity index (χ0) is 18.5. The summed E-state index contributed by atoms with van der Waals surface area (Å²) in [4.78, 5) is 11.4. The second-order valence-electron chi connectivity index (χ2n) is 10.3. The molecule has 0 aromatic rings. The molecule has 146 valence electrons. The summed E-state index contributed by atoms with van der Waals surface area (Å²) >= 11 is 0. The first-order valence-corrected chi connectivity index (χ1v) is 11.2. The Kier molecular flexibility index (Phi) is 4.77. The van der Waals surface area contributed by atoms with Crippen molar-refractivity contribution in [1.82, 2.24) is 0 Å². The first kappa shape index (κ1) is 18.6. The molecule has 4 aliphatic carbocycles. The summed E-state index contributed by atoms with van der Waals surface area (Å²) in [5.41, 5.74) is 2.77. The largest absolute Gasteiger partial charge is 0.463 e. The number of hydrogen-bond acceptors (Lipinski definition) is 2. The lowest BCUT2D eigenvalue weighted by Crippen LogP contribution is -2.53. The van der Waals surface area contributed by atoms with Crippen molar-refractivity contribution >= 4 is 5.97 Å². The van der Waals surface area contributed by atoms with Crippen molar-refractivity contribution in [1.29, 1.82) is 0 Å². The van der Waals surface area contributed by atoms with E-state index in [1.54, 1.807) is 12.5 Å². The topological polar surface area (TPSA) is 26.3 Å². The number of fused-ring (bicyclic) bond motifs is 5. The summed E-state index contributed by atoms with van der Waals surface area (Å²) in [5, 5.41) is 0. The van der Waals surface area contributed by atoms with E-state index >= 15 is 0 Å². The number of ether oxygens (including phenoxy) is 1. The smallest absolute Gasteiger partial charge is 0.302 e. The molecule has 4 saturated carbocycles. The zero-order valence-corrected chi connectivity index (χ0v) is 17.4. The van der Waals surface area contributed by atoms with E-state index in [1.807, 2.05) is 0 Å². The highest BCUT2D eigenvalue weighted by Gasteiger charge is 2.59. The Balaban J connectivity index is 1.54. The summed E-state index contributed by atoms with van der Waals surface area (Å²) in [5.74, 6) is 3.42. The monoisotopic (exact) mass is 358 g/mol. The molecular formula is C24H38O2. The predicted molar refractivity (Wildman–Crippen MR) is 106 cm³/mol. The van der Waals surface area contributed by atoms with E-state index < -0.39 is 0 Å². The molecule has 26 heavy (non-hydrogen) atoms. The van der Waals surface area contributed by atoms with E-state index in [1.165, 1.54) is 51.4 Å². The summed E-state index contributed by atoms with van der Waals surface area (Å²) in [6, 6.07) is 0. The van der Waals surface area contributed by atoms with Gasteiger partial charge in [0.1, 0.15) is 6.10 Å². The van der Waals surface area contributed by atoms with Gasteiger partial charge in [-0.2, -0.15) is 0 Å². The van der Waals surface area contributed by atoms with Crippen LogP contribution in [0.25, 0.3) is 0 Å². The molecule has 0 N–H and O–H groups in total. The van der Waals surface area contributed by atoms with Crippen LogP contribution in [0.4, 0.5) is 0 Å². The number of carbonyl (C=O) groups excluding carboxylic acids is 1. The number of hydrogen-bond donors (Lipinski definition) is 0. The molecule has 0 spiro atoms. The van der Waals surface area contributed by atoms with Gasteiger partial charge in [0.25, 0.3) is 0 Å². The normalized spacial score (nSPS) is 49.2. The summed E-state index contributed by atoms with van der Waals surface area (Å²) in [6.07, 6.45) is 15.8. The van der Waals surface area contributed by atoms with Gasteiger partial charge in [-0.3, -0.25) is 4.79 Å². The lowest BCUT2D eigenvalue weighted by Gasteiger charge is -2.60. The van der Waals surface area contributed by atoms with Gasteiger partial charge in [0.05, 0.1) is 0 Å². The Bertz CT molecular complexity index is 593. The SMILES string of the molecule is CC/C=C1/CC[C@@H]2[C@H]3CC[C@H]4C[C@H](OC(C)=O)CC[C@]4(C)[C@@H]3CC[C@]12C. The van der Waals surface area contributed by atoms with Gasteiger partial charge in [0.15, 0.2) is 0 Å². The molecule has 0 aliphatic heterocycles. The third-order valence-electron chi connectivity index (χ3n) is 9.25. The van der Waals surface area contributed by atoms with Crippen LogP contribution < -0.4 is 0 Å². The maximum atomic E-state index is 11.4. The van der Waals surface area contributed by atoms with Crippen LogP contribution in [0.15, 0.2) is 11.6 Å². The van der Waals surface area contributed by atoms with Crippen molar-refractivity contribution in [2.45, 2.75) is 98.0 Å². The van der Waals surface area contributed by atoms with Gasteiger partial charge < -0.3 is 4.74 Å². The molecule has 7 atom stereocenters. The quantitative estimate of drug-likeness (QED) is 0.428. The molecule has 2 heteroatoms. The molecule has 0 aromatic heterocycles. The van der Waals surface area contributed by atoms with Crippen LogP contribution in [0, 0.1) is 34.5 Å². The summed E-state index contributed by atoms with van der Waals surface area (Å²) < 4.78 is 5.60. The standard InChI is InChI=1S/C24H38O2/c1-5-6-17-8-10-21-20-9-7-18-15-19(26-16(2)25)11-13-24(18,4)22(20)12-14-23(17,21)3/h6,18-22H,5,7-15H2,1-4H3/b17-6-/t18-,19+,20+,21+,22+,23+,24-/m0/s1. The summed E-state index contributed by atoms with van der Waals surface area (Å²) in [6.45, 7) is 9.05. The second-order valence-corrected chi connectivity index (χ2v) is 10.3. The molecule has 0 unspecified atom stereocenters. The average molecular weight is 359 g/mol. The van der Waals surface area contributed by atoms with Gasteiger partial charge >= 0.3 is 5.97 Å². The minimum absolute atomic E-state index is 0.0954. The maximum absolute atomic E-state index is 11.4. The molecule has 2 nitrogen and oxygen atoms in total. The van der Waals surface area contributed by atoms with Gasteiger partial charge in [-0.1, -0.05) is 32.4 Å². The Morgan fingerprint density at radius 3 is 2.65 bits per heavy atom. The van der Waals surface area contributed by atoms with Crippen molar-refractivity contribution in [3.05, 3.63) is 11.6 Å². The lowest BCUT2D eigenvalue weighted by atomic mass is 9.45. The Hall–Kier alpha value is -0.790. The third kappa shape index (κ3) is 2.78. The Morgan fingerprint density at radius 1 is 1.12 bits per heavy atom. The van der Waals surface area contributed by atoms with Crippen molar-refractivity contribution in [2.75, 3.05) is 0 Å². The first-order valence-electron chi connectivity index (χ1n) is 11.2. The van der Waals surface area contributed by atoms with Crippen molar-refractivity contribution < 1.29 is 9.53 Å². The Morgan fingerprint density at radius 2 is 1.92 bits per heavy atom. The highest BCUT2D eigenvalue weighted by molar-refractivity contribution is 5.66. The minimum Gasteiger partial charge on any atom is -0.463 e. The van der Waals surface area contributed by atoms with Gasteiger partial charge in [0, 0.05) is 6.92 Å². The fraction of sp³-hybridized carbons (Fsp3) is 0.875. The van der Waals surface area contributed by atoms with E-state index in [9.17, 15) is 4.79 Å². The number of rotatable bonds is 2. The molecule has 0 radical (unpaired) electrons. The molecule has 0 bridgehead atoms. The number of esters is 1. The van der Waals surface area contributed by atoms with Gasteiger partial charge in [-0.25, -0.2) is 0 Å². The highest BCUT2D eigenvalue weighted by atomic mass is 16.5.